The summed E-state index contributed by atoms with van der Waals surface area (Å²) in [6.45, 7) is 0. The van der Waals surface area contributed by atoms with Gasteiger partial charge in [0.2, 0.25) is 0 Å². The zero-order valence-corrected chi connectivity index (χ0v) is 13.8. The minimum atomic E-state index is -4.80. The van der Waals surface area contributed by atoms with E-state index in [9.17, 15) is 22.8 Å². The van der Waals surface area contributed by atoms with Gasteiger partial charge in [-0.1, -0.05) is 12.1 Å². The number of nitrogens with one attached hydrogen (secondary N) is 1. The van der Waals surface area contributed by atoms with Gasteiger partial charge in [-0.2, -0.15) is 0 Å². The van der Waals surface area contributed by atoms with Crippen molar-refractivity contribution in [2.75, 3.05) is 0 Å². The molecule has 0 fully saturated rings. The van der Waals surface area contributed by atoms with Crippen molar-refractivity contribution in [2.45, 2.75) is 6.36 Å². The van der Waals surface area contributed by atoms with E-state index in [4.69, 9.17) is 0 Å². The van der Waals surface area contributed by atoms with Gasteiger partial charge in [0, 0.05) is 0 Å². The Kier molecular flexibility index (Phi) is 3.58. The number of ether oxygens (including phenoxy) is 1. The molecular weight excluding hydrogens is 365 g/mol. The minimum Gasteiger partial charge on any atom is -0.406 e. The second-order valence-corrected chi connectivity index (χ2v) is 5.82. The number of rotatable bonds is 2. The lowest BCUT2D eigenvalue weighted by Crippen LogP contribution is -2.35. The summed E-state index contributed by atoms with van der Waals surface area (Å²) in [6.07, 6.45) is -4.80. The standard InChI is InChI=1S/C17H11F3N4O3/c1-22-14-16(26)23(10-6-8-11(9-7-10)27-17(18,19)20)21-24(14)13-5-3-2-4-12(13)15(22)25/h2-9H,1H3/p+1. The van der Waals surface area contributed by atoms with E-state index in [0.717, 1.165) is 16.8 Å². The summed E-state index contributed by atoms with van der Waals surface area (Å²) >= 11 is 0. The molecule has 0 atom stereocenters. The summed E-state index contributed by atoms with van der Waals surface area (Å²) in [5.41, 5.74) is 0.0279. The lowest BCUT2D eigenvalue weighted by molar-refractivity contribution is -0.559. The number of aromatic amines is 1. The zero-order valence-electron chi connectivity index (χ0n) is 13.8. The van der Waals surface area contributed by atoms with Crippen LogP contribution in [0, 0.1) is 0 Å². The average molecular weight is 377 g/mol. The summed E-state index contributed by atoms with van der Waals surface area (Å²) in [6, 6.07) is 11.6. The third-order valence-corrected chi connectivity index (χ3v) is 4.13. The molecule has 0 saturated carbocycles. The number of aryl methyl sites for hydroxylation is 1. The molecule has 0 amide bonds. The Balaban J connectivity index is 1.92. The molecule has 4 aromatic rings. The monoisotopic (exact) mass is 377 g/mol. The molecule has 1 N–H and O–H groups in total. The summed E-state index contributed by atoms with van der Waals surface area (Å²) in [4.78, 5) is 25.3. The molecule has 0 aliphatic rings. The van der Waals surface area contributed by atoms with Crippen LogP contribution in [0.5, 0.6) is 5.75 Å². The molecule has 0 bridgehead atoms. The van der Waals surface area contributed by atoms with E-state index >= 15 is 0 Å². The Morgan fingerprint density at radius 1 is 1.00 bits per heavy atom. The Bertz CT molecular complexity index is 1280. The van der Waals surface area contributed by atoms with Gasteiger partial charge in [0.05, 0.1) is 12.4 Å². The average Bonchev–Trinajstić information content (AvgIpc) is 2.97. The number of hydrogen-bond donors (Lipinski definition) is 1. The SMILES string of the molecule is Cn1c(=O)c2ccccc2[n+]2[nH]n(-c3ccc(OC(F)(F)F)cc3)c(=O)c12. The van der Waals surface area contributed by atoms with E-state index in [1.807, 2.05) is 0 Å². The first-order valence-electron chi connectivity index (χ1n) is 7.77. The van der Waals surface area contributed by atoms with Crippen LogP contribution in [0.4, 0.5) is 13.2 Å². The van der Waals surface area contributed by atoms with Crippen molar-refractivity contribution in [3.05, 3.63) is 69.2 Å². The van der Waals surface area contributed by atoms with Crippen molar-refractivity contribution in [1.82, 2.24) is 14.5 Å². The number of halogens is 3. The fourth-order valence-electron chi connectivity index (χ4n) is 2.95. The molecule has 0 radical (unpaired) electrons. The number of nitrogens with zero attached hydrogens (tertiary/aromatic N) is 3. The largest absolute Gasteiger partial charge is 0.573 e. The van der Waals surface area contributed by atoms with Crippen LogP contribution >= 0.6 is 0 Å². The van der Waals surface area contributed by atoms with Crippen LogP contribution in [-0.4, -0.2) is 20.8 Å². The van der Waals surface area contributed by atoms with Crippen LogP contribution in [0.25, 0.3) is 22.2 Å². The molecule has 2 aromatic heterocycles. The maximum absolute atomic E-state index is 12.8. The van der Waals surface area contributed by atoms with E-state index in [2.05, 4.69) is 9.95 Å². The van der Waals surface area contributed by atoms with Gasteiger partial charge in [-0.15, -0.1) is 27.6 Å². The van der Waals surface area contributed by atoms with Gasteiger partial charge >= 0.3 is 23.1 Å². The maximum Gasteiger partial charge on any atom is 0.573 e. The molecule has 0 aliphatic heterocycles. The fourth-order valence-corrected chi connectivity index (χ4v) is 2.95. The van der Waals surface area contributed by atoms with Crippen molar-refractivity contribution in [3.63, 3.8) is 0 Å². The molecule has 2 aromatic carbocycles. The second kappa shape index (κ2) is 5.73. The van der Waals surface area contributed by atoms with Crippen LogP contribution in [0.3, 0.4) is 0 Å². The van der Waals surface area contributed by atoms with Crippen molar-refractivity contribution in [1.29, 1.82) is 0 Å². The third-order valence-electron chi connectivity index (χ3n) is 4.13. The van der Waals surface area contributed by atoms with Gasteiger partial charge < -0.3 is 4.74 Å². The Hall–Kier alpha value is -3.56. The number of hydrogen-bond acceptors (Lipinski definition) is 3. The van der Waals surface area contributed by atoms with Gasteiger partial charge in [-0.25, -0.2) is 9.36 Å². The lowest BCUT2D eigenvalue weighted by Gasteiger charge is -2.08. The molecule has 0 saturated heterocycles. The molecule has 27 heavy (non-hydrogen) atoms. The fraction of sp³-hybridized carbons (Fsp3) is 0.118. The van der Waals surface area contributed by atoms with Crippen molar-refractivity contribution in [3.8, 4) is 11.4 Å². The molecule has 0 unspecified atom stereocenters. The highest BCUT2D eigenvalue weighted by Gasteiger charge is 2.31. The van der Waals surface area contributed by atoms with Crippen molar-refractivity contribution in [2.24, 2.45) is 7.05 Å². The highest BCUT2D eigenvalue weighted by Crippen LogP contribution is 2.23. The van der Waals surface area contributed by atoms with Gasteiger partial charge in [-0.3, -0.25) is 4.79 Å². The Labute approximate surface area is 148 Å². The van der Waals surface area contributed by atoms with Crippen molar-refractivity contribution < 1.29 is 22.4 Å². The number of alkyl halides is 3. The summed E-state index contributed by atoms with van der Waals surface area (Å²) < 4.78 is 44.5. The van der Waals surface area contributed by atoms with Crippen LogP contribution < -0.4 is 20.4 Å². The van der Waals surface area contributed by atoms with Gasteiger partial charge in [0.25, 0.3) is 0 Å². The van der Waals surface area contributed by atoms with E-state index in [-0.39, 0.29) is 16.9 Å². The number of fused-ring (bicyclic) bond motifs is 3. The summed E-state index contributed by atoms with van der Waals surface area (Å²) in [5, 5.41) is 3.27. The molecule has 10 heteroatoms. The van der Waals surface area contributed by atoms with E-state index < -0.39 is 17.7 Å². The van der Waals surface area contributed by atoms with E-state index in [1.54, 1.807) is 24.3 Å². The molecule has 7 nitrogen and oxygen atoms in total. The Morgan fingerprint density at radius 3 is 2.33 bits per heavy atom. The quantitative estimate of drug-likeness (QED) is 0.540. The van der Waals surface area contributed by atoms with Crippen LogP contribution in [-0.2, 0) is 7.05 Å². The first-order chi connectivity index (χ1) is 12.8. The molecule has 0 spiro atoms. The molecular formula is C17H12F3N4O3+. The van der Waals surface area contributed by atoms with Crippen LogP contribution in [0.15, 0.2) is 58.1 Å². The van der Waals surface area contributed by atoms with Gasteiger partial charge in [-0.05, 0) is 36.4 Å². The number of H-pyrrole nitrogens is 1. The molecule has 0 aliphatic carbocycles. The first-order valence-corrected chi connectivity index (χ1v) is 7.77. The van der Waals surface area contributed by atoms with E-state index in [0.29, 0.717) is 10.9 Å². The summed E-state index contributed by atoms with van der Waals surface area (Å²) in [7, 11) is 1.48. The number of benzene rings is 2. The normalized spacial score (nSPS) is 12.0. The van der Waals surface area contributed by atoms with E-state index in [1.165, 1.54) is 28.3 Å². The molecule has 2 heterocycles. The zero-order chi connectivity index (χ0) is 19.3. The second-order valence-electron chi connectivity index (χ2n) is 5.82. The van der Waals surface area contributed by atoms with Crippen molar-refractivity contribution >= 4 is 16.6 Å². The maximum atomic E-state index is 12.8. The lowest BCUT2D eigenvalue weighted by atomic mass is 10.2. The number of aromatic nitrogens is 4. The molecule has 4 rings (SSSR count). The predicted octanol–water partition coefficient (Wildman–Crippen LogP) is 1.65. The molecule has 138 valence electrons. The van der Waals surface area contributed by atoms with Crippen LogP contribution in [0.2, 0.25) is 0 Å². The minimum absolute atomic E-state index is 0.0920. The highest BCUT2D eigenvalue weighted by molar-refractivity contribution is 5.75. The Morgan fingerprint density at radius 2 is 1.67 bits per heavy atom. The smallest absolute Gasteiger partial charge is 0.406 e. The first kappa shape index (κ1) is 16.9. The topological polar surface area (TPSA) is 73.1 Å². The van der Waals surface area contributed by atoms with Gasteiger partial charge in [0.1, 0.15) is 17.0 Å². The van der Waals surface area contributed by atoms with Gasteiger partial charge in [0.15, 0.2) is 0 Å². The summed E-state index contributed by atoms with van der Waals surface area (Å²) in [5.74, 6) is -0.402. The highest BCUT2D eigenvalue weighted by atomic mass is 19.4. The third kappa shape index (κ3) is 2.75. The number of para-hydroxylation sites is 1. The predicted molar refractivity (Wildman–Crippen MR) is 89.0 cm³/mol. The van der Waals surface area contributed by atoms with Crippen LogP contribution in [0.1, 0.15) is 0 Å².